The molecular formula is C12H15N3O4S. The lowest BCUT2D eigenvalue weighted by atomic mass is 10.2. The molecule has 0 bridgehead atoms. The smallest absolute Gasteiger partial charge is 0.263 e. The van der Waals surface area contributed by atoms with E-state index in [0.29, 0.717) is 11.3 Å². The highest BCUT2D eigenvalue weighted by Gasteiger charge is 2.17. The van der Waals surface area contributed by atoms with Crippen molar-refractivity contribution in [2.75, 3.05) is 11.8 Å². The van der Waals surface area contributed by atoms with Crippen molar-refractivity contribution in [2.45, 2.75) is 11.5 Å². The largest absolute Gasteiger partial charge is 0.496 e. The van der Waals surface area contributed by atoms with Gasteiger partial charge in [-0.3, -0.25) is 9.40 Å². The first-order valence-electron chi connectivity index (χ1n) is 5.76. The third-order valence-corrected chi connectivity index (χ3v) is 4.04. The fourth-order valence-corrected chi connectivity index (χ4v) is 2.76. The summed E-state index contributed by atoms with van der Waals surface area (Å²) in [6.45, 7) is -0.309. The second-order valence-electron chi connectivity index (χ2n) is 4.11. The van der Waals surface area contributed by atoms with Gasteiger partial charge in [0.05, 0.1) is 18.6 Å². The Kier molecular flexibility index (Phi) is 3.96. The van der Waals surface area contributed by atoms with Gasteiger partial charge in [-0.05, 0) is 18.2 Å². The maximum atomic E-state index is 12.2. The number of aryl methyl sites for hydroxylation is 1. The van der Waals surface area contributed by atoms with Crippen molar-refractivity contribution in [3.05, 3.63) is 36.0 Å². The molecule has 108 valence electrons. The molecule has 0 radical (unpaired) electrons. The van der Waals surface area contributed by atoms with Gasteiger partial charge in [0.25, 0.3) is 10.0 Å². The monoisotopic (exact) mass is 297 g/mol. The highest BCUT2D eigenvalue weighted by Crippen LogP contribution is 2.23. The van der Waals surface area contributed by atoms with E-state index in [1.54, 1.807) is 19.3 Å². The molecule has 0 spiro atoms. The van der Waals surface area contributed by atoms with Crippen molar-refractivity contribution in [1.82, 2.24) is 9.78 Å². The van der Waals surface area contributed by atoms with Crippen molar-refractivity contribution in [3.8, 4) is 5.75 Å². The Morgan fingerprint density at radius 2 is 2.15 bits per heavy atom. The quantitative estimate of drug-likeness (QED) is 0.848. The molecule has 0 aliphatic carbocycles. The van der Waals surface area contributed by atoms with Crippen LogP contribution in [0.25, 0.3) is 0 Å². The van der Waals surface area contributed by atoms with Gasteiger partial charge < -0.3 is 9.84 Å². The molecule has 7 nitrogen and oxygen atoms in total. The normalized spacial score (nSPS) is 11.3. The van der Waals surface area contributed by atoms with E-state index < -0.39 is 10.0 Å². The number of benzene rings is 1. The van der Waals surface area contributed by atoms with Crippen LogP contribution in [0.2, 0.25) is 0 Å². The first-order chi connectivity index (χ1) is 9.46. The van der Waals surface area contributed by atoms with Crippen LogP contribution in [0, 0.1) is 0 Å². The molecule has 1 heterocycles. The Labute approximate surface area is 116 Å². The van der Waals surface area contributed by atoms with Gasteiger partial charge in [-0.1, -0.05) is 0 Å². The highest BCUT2D eigenvalue weighted by molar-refractivity contribution is 7.92. The van der Waals surface area contributed by atoms with Gasteiger partial charge in [0, 0.05) is 24.9 Å². The Bertz CT molecular complexity index is 709. The molecule has 0 atom stereocenters. The van der Waals surface area contributed by atoms with Gasteiger partial charge in [0.15, 0.2) is 5.82 Å². The van der Waals surface area contributed by atoms with Crippen molar-refractivity contribution in [1.29, 1.82) is 0 Å². The predicted molar refractivity (Wildman–Crippen MR) is 72.9 cm³/mol. The molecular weight excluding hydrogens is 282 g/mol. The van der Waals surface area contributed by atoms with Crippen LogP contribution in [0.15, 0.2) is 35.4 Å². The lowest BCUT2D eigenvalue weighted by molar-refractivity contribution is 0.273. The molecule has 0 fully saturated rings. The van der Waals surface area contributed by atoms with Crippen LogP contribution in [0.5, 0.6) is 5.75 Å². The summed E-state index contributed by atoms with van der Waals surface area (Å²) in [5.74, 6) is 0.665. The van der Waals surface area contributed by atoms with Crippen LogP contribution in [-0.2, 0) is 23.7 Å². The predicted octanol–water partition coefficient (Wildman–Crippen LogP) is 0.722. The number of aromatic nitrogens is 2. The minimum absolute atomic E-state index is 0.0352. The van der Waals surface area contributed by atoms with Gasteiger partial charge in [0.2, 0.25) is 0 Å². The molecule has 2 rings (SSSR count). The average molecular weight is 297 g/mol. The molecule has 0 amide bonds. The second-order valence-corrected chi connectivity index (χ2v) is 5.79. The molecule has 8 heteroatoms. The second kappa shape index (κ2) is 5.51. The summed E-state index contributed by atoms with van der Waals surface area (Å²) in [7, 11) is -0.607. The molecule has 0 saturated heterocycles. The summed E-state index contributed by atoms with van der Waals surface area (Å²) in [5.41, 5.74) is 0.399. The molecule has 20 heavy (non-hydrogen) atoms. The molecule has 0 aliphatic rings. The van der Waals surface area contributed by atoms with E-state index in [9.17, 15) is 13.5 Å². The summed E-state index contributed by atoms with van der Waals surface area (Å²) >= 11 is 0. The third kappa shape index (κ3) is 2.91. The fourth-order valence-electron chi connectivity index (χ4n) is 1.71. The molecule has 1 aromatic heterocycles. The topological polar surface area (TPSA) is 93.5 Å². The van der Waals surface area contributed by atoms with Gasteiger partial charge in [0.1, 0.15) is 5.75 Å². The van der Waals surface area contributed by atoms with E-state index in [1.165, 1.54) is 30.0 Å². The van der Waals surface area contributed by atoms with E-state index in [4.69, 9.17) is 4.74 Å². The van der Waals surface area contributed by atoms with Crippen molar-refractivity contribution >= 4 is 15.8 Å². The number of hydrogen-bond donors (Lipinski definition) is 2. The van der Waals surface area contributed by atoms with Crippen molar-refractivity contribution < 1.29 is 18.3 Å². The fraction of sp³-hybridized carbons (Fsp3) is 0.250. The minimum atomic E-state index is -3.75. The van der Waals surface area contributed by atoms with E-state index >= 15 is 0 Å². The molecule has 0 aliphatic heterocycles. The summed E-state index contributed by atoms with van der Waals surface area (Å²) in [6, 6.07) is 5.82. The van der Waals surface area contributed by atoms with Crippen molar-refractivity contribution in [2.24, 2.45) is 7.05 Å². The van der Waals surface area contributed by atoms with Crippen LogP contribution in [0.1, 0.15) is 5.56 Å². The number of anilines is 1. The van der Waals surface area contributed by atoms with Crippen LogP contribution in [0.3, 0.4) is 0 Å². The van der Waals surface area contributed by atoms with E-state index in [2.05, 4.69) is 9.82 Å². The number of methoxy groups -OCH3 is 1. The van der Waals surface area contributed by atoms with Crippen LogP contribution >= 0.6 is 0 Å². The van der Waals surface area contributed by atoms with E-state index in [0.717, 1.165) is 0 Å². The molecule has 1 aromatic carbocycles. The SMILES string of the molecule is COc1ccc(S(=O)(=O)Nc2ccn(C)n2)cc1CO. The van der Waals surface area contributed by atoms with Gasteiger partial charge in [-0.15, -0.1) is 0 Å². The maximum Gasteiger partial charge on any atom is 0.263 e. The number of hydrogen-bond acceptors (Lipinski definition) is 5. The lowest BCUT2D eigenvalue weighted by Gasteiger charge is -2.10. The van der Waals surface area contributed by atoms with Crippen LogP contribution in [0.4, 0.5) is 5.82 Å². The number of nitrogens with one attached hydrogen (secondary N) is 1. The molecule has 2 N–H and O–H groups in total. The summed E-state index contributed by atoms with van der Waals surface area (Å²) in [5, 5.41) is 13.2. The standard InChI is InChI=1S/C12H15N3O4S/c1-15-6-5-12(13-15)14-20(17,18)10-3-4-11(19-2)9(7-10)8-16/h3-7,16H,8H2,1-2H3,(H,13,14). The summed E-state index contributed by atoms with van der Waals surface area (Å²) in [4.78, 5) is 0.0352. The van der Waals surface area contributed by atoms with E-state index in [1.807, 2.05) is 0 Å². The summed E-state index contributed by atoms with van der Waals surface area (Å²) in [6.07, 6.45) is 1.63. The zero-order valence-corrected chi connectivity index (χ0v) is 11.9. The van der Waals surface area contributed by atoms with Crippen molar-refractivity contribution in [3.63, 3.8) is 0 Å². The number of nitrogens with zero attached hydrogens (tertiary/aromatic N) is 2. The zero-order chi connectivity index (χ0) is 14.8. The van der Waals surface area contributed by atoms with Gasteiger partial charge in [-0.2, -0.15) is 5.10 Å². The zero-order valence-electron chi connectivity index (χ0n) is 11.1. The van der Waals surface area contributed by atoms with E-state index in [-0.39, 0.29) is 17.3 Å². The van der Waals surface area contributed by atoms with Gasteiger partial charge >= 0.3 is 0 Å². The van der Waals surface area contributed by atoms with Gasteiger partial charge in [-0.25, -0.2) is 8.42 Å². The van der Waals surface area contributed by atoms with Crippen LogP contribution < -0.4 is 9.46 Å². The average Bonchev–Trinajstić information content (AvgIpc) is 2.82. The Morgan fingerprint density at radius 3 is 2.70 bits per heavy atom. The Morgan fingerprint density at radius 1 is 1.40 bits per heavy atom. The first kappa shape index (κ1) is 14.4. The highest BCUT2D eigenvalue weighted by atomic mass is 32.2. The Hall–Kier alpha value is -2.06. The first-order valence-corrected chi connectivity index (χ1v) is 7.25. The third-order valence-electron chi connectivity index (χ3n) is 2.69. The number of sulfonamides is 1. The number of rotatable bonds is 5. The number of aliphatic hydroxyl groups is 1. The van der Waals surface area contributed by atoms with Crippen LogP contribution in [-0.4, -0.2) is 30.4 Å². The molecule has 2 aromatic rings. The minimum Gasteiger partial charge on any atom is -0.496 e. The maximum absolute atomic E-state index is 12.2. The summed E-state index contributed by atoms with van der Waals surface area (Å²) < 4.78 is 33.3. The number of aliphatic hydroxyl groups excluding tert-OH is 1. The Balaban J connectivity index is 2.34. The molecule has 0 saturated carbocycles. The number of ether oxygens (including phenoxy) is 1. The molecule has 0 unspecified atom stereocenters. The lowest BCUT2D eigenvalue weighted by Crippen LogP contribution is -2.14.